The molecule has 7 heteroatoms. The minimum Gasteiger partial charge on any atom is -0.368 e. The molecule has 0 bridgehead atoms. The van der Waals surface area contributed by atoms with Crippen LogP contribution in [0.15, 0.2) is 24.3 Å². The average molecular weight is 329 g/mol. The Bertz CT molecular complexity index is 642. The summed E-state index contributed by atoms with van der Waals surface area (Å²) >= 11 is 0. The van der Waals surface area contributed by atoms with Gasteiger partial charge in [-0.05, 0) is 36.5 Å². The van der Waals surface area contributed by atoms with E-state index in [4.69, 9.17) is 4.74 Å². The maximum atomic E-state index is 12.0. The fourth-order valence-corrected chi connectivity index (χ4v) is 3.06. The smallest absolute Gasteiger partial charge is 0.250 e. The molecule has 1 aromatic heterocycles. The Morgan fingerprint density at radius 1 is 1.29 bits per heavy atom. The summed E-state index contributed by atoms with van der Waals surface area (Å²) in [6.07, 6.45) is 5.52. The van der Waals surface area contributed by atoms with Crippen molar-refractivity contribution in [1.29, 1.82) is 0 Å². The molecular weight excluding hydrogens is 306 g/mol. The summed E-state index contributed by atoms with van der Waals surface area (Å²) in [4.78, 5) is 12.0. The van der Waals surface area contributed by atoms with Gasteiger partial charge in [-0.15, -0.1) is 10.2 Å². The van der Waals surface area contributed by atoms with Crippen molar-refractivity contribution >= 4 is 11.6 Å². The van der Waals surface area contributed by atoms with Crippen LogP contribution >= 0.6 is 0 Å². The number of H-pyrrole nitrogens is 1. The van der Waals surface area contributed by atoms with Crippen molar-refractivity contribution in [3.05, 3.63) is 35.7 Å². The van der Waals surface area contributed by atoms with Gasteiger partial charge in [-0.25, -0.2) is 0 Å². The van der Waals surface area contributed by atoms with Crippen molar-refractivity contribution in [3.63, 3.8) is 0 Å². The number of nitrogens with zero attached hydrogens (tertiary/aromatic N) is 3. The number of ether oxygens (including phenoxy) is 1. The van der Waals surface area contributed by atoms with Crippen LogP contribution in [0, 0.1) is 5.92 Å². The highest BCUT2D eigenvalue weighted by Gasteiger charge is 2.22. The lowest BCUT2D eigenvalue weighted by atomic mass is 9.88. The third-order valence-corrected chi connectivity index (χ3v) is 4.45. The van der Waals surface area contributed by atoms with Crippen LogP contribution in [0.2, 0.25) is 0 Å². The highest BCUT2D eigenvalue weighted by atomic mass is 16.5. The first-order valence-corrected chi connectivity index (χ1v) is 8.43. The molecule has 2 atom stereocenters. The summed E-state index contributed by atoms with van der Waals surface area (Å²) in [5, 5.41) is 16.7. The molecule has 1 aliphatic carbocycles. The van der Waals surface area contributed by atoms with E-state index in [0.29, 0.717) is 18.2 Å². The summed E-state index contributed by atoms with van der Waals surface area (Å²) < 4.78 is 5.78. The highest BCUT2D eigenvalue weighted by molar-refractivity contribution is 5.91. The number of carbonyl (C=O) groups is 1. The number of aromatic nitrogens is 4. The van der Waals surface area contributed by atoms with Gasteiger partial charge in [-0.3, -0.25) is 4.79 Å². The fourth-order valence-electron chi connectivity index (χ4n) is 3.06. The molecule has 2 aromatic rings. The van der Waals surface area contributed by atoms with Crippen molar-refractivity contribution in [1.82, 2.24) is 20.6 Å². The van der Waals surface area contributed by atoms with E-state index in [9.17, 15) is 4.79 Å². The Balaban J connectivity index is 1.45. The molecule has 1 saturated carbocycles. The van der Waals surface area contributed by atoms with Crippen LogP contribution in [0.4, 0.5) is 5.69 Å². The minimum absolute atomic E-state index is 0.111. The van der Waals surface area contributed by atoms with E-state index in [2.05, 4.69) is 32.9 Å². The Morgan fingerprint density at radius 3 is 2.79 bits per heavy atom. The second kappa shape index (κ2) is 8.01. The van der Waals surface area contributed by atoms with Gasteiger partial charge in [0.05, 0.1) is 6.10 Å². The molecule has 2 N–H and O–H groups in total. The number of benzene rings is 1. The highest BCUT2D eigenvalue weighted by Crippen LogP contribution is 2.26. The molecule has 1 fully saturated rings. The van der Waals surface area contributed by atoms with Crippen molar-refractivity contribution in [3.8, 4) is 0 Å². The molecule has 1 aromatic carbocycles. The van der Waals surface area contributed by atoms with Gasteiger partial charge in [0.15, 0.2) is 5.82 Å². The lowest BCUT2D eigenvalue weighted by Crippen LogP contribution is -2.29. The number of anilines is 1. The summed E-state index contributed by atoms with van der Waals surface area (Å²) in [7, 11) is 0. The molecule has 3 rings (SSSR count). The zero-order valence-electron chi connectivity index (χ0n) is 13.9. The summed E-state index contributed by atoms with van der Waals surface area (Å²) in [6.45, 7) is 2.31. The molecule has 7 nitrogen and oxygen atoms in total. The topological polar surface area (TPSA) is 92.8 Å². The average Bonchev–Trinajstić information content (AvgIpc) is 3.09. The first kappa shape index (κ1) is 16.6. The van der Waals surface area contributed by atoms with Gasteiger partial charge in [0.25, 0.3) is 0 Å². The number of amides is 1. The van der Waals surface area contributed by atoms with E-state index in [1.54, 1.807) is 0 Å². The van der Waals surface area contributed by atoms with Crippen molar-refractivity contribution < 1.29 is 9.53 Å². The maximum absolute atomic E-state index is 12.0. The molecule has 1 amide bonds. The van der Waals surface area contributed by atoms with Gasteiger partial charge < -0.3 is 10.1 Å². The SMILES string of the molecule is C[C@H]1CCCC[C@H]1OCC(=O)Nc1ccc(Cc2nn[nH]n2)cc1. The van der Waals surface area contributed by atoms with E-state index in [1.807, 2.05) is 24.3 Å². The molecule has 0 radical (unpaired) electrons. The normalized spacial score (nSPS) is 20.7. The summed E-state index contributed by atoms with van der Waals surface area (Å²) in [6, 6.07) is 7.62. The molecule has 0 saturated heterocycles. The lowest BCUT2D eigenvalue weighted by Gasteiger charge is -2.28. The van der Waals surface area contributed by atoms with Gasteiger partial charge in [-0.1, -0.05) is 37.1 Å². The predicted molar refractivity (Wildman–Crippen MR) is 89.4 cm³/mol. The summed E-state index contributed by atoms with van der Waals surface area (Å²) in [5.74, 6) is 1.07. The second-order valence-electron chi connectivity index (χ2n) is 6.36. The van der Waals surface area contributed by atoms with E-state index in [-0.39, 0.29) is 18.6 Å². The van der Waals surface area contributed by atoms with Crippen molar-refractivity contribution in [2.45, 2.75) is 45.1 Å². The van der Waals surface area contributed by atoms with E-state index in [1.165, 1.54) is 19.3 Å². The number of nitrogens with one attached hydrogen (secondary N) is 2. The Kier molecular flexibility index (Phi) is 5.53. The van der Waals surface area contributed by atoms with Gasteiger partial charge in [0.1, 0.15) is 6.61 Å². The minimum atomic E-state index is -0.112. The Morgan fingerprint density at radius 2 is 2.08 bits per heavy atom. The Hall–Kier alpha value is -2.28. The van der Waals surface area contributed by atoms with Crippen LogP contribution in [-0.2, 0) is 16.0 Å². The molecule has 24 heavy (non-hydrogen) atoms. The first-order chi connectivity index (χ1) is 11.7. The third-order valence-electron chi connectivity index (χ3n) is 4.45. The first-order valence-electron chi connectivity index (χ1n) is 8.43. The van der Waals surface area contributed by atoms with E-state index in [0.717, 1.165) is 17.7 Å². The lowest BCUT2D eigenvalue weighted by molar-refractivity contribution is -0.124. The van der Waals surface area contributed by atoms with Crippen molar-refractivity contribution in [2.24, 2.45) is 5.92 Å². The maximum Gasteiger partial charge on any atom is 0.250 e. The zero-order chi connectivity index (χ0) is 16.8. The van der Waals surface area contributed by atoms with Crippen LogP contribution in [0.25, 0.3) is 0 Å². The monoisotopic (exact) mass is 329 g/mol. The molecular formula is C17H23N5O2. The van der Waals surface area contributed by atoms with Crippen LogP contribution in [-0.4, -0.2) is 39.2 Å². The van der Waals surface area contributed by atoms with Crippen LogP contribution < -0.4 is 5.32 Å². The molecule has 0 spiro atoms. The number of aromatic amines is 1. The third kappa shape index (κ3) is 4.61. The van der Waals surface area contributed by atoms with Gasteiger partial charge >= 0.3 is 0 Å². The standard InChI is InChI=1S/C17H23N5O2/c1-12-4-2-3-5-15(12)24-11-17(23)18-14-8-6-13(7-9-14)10-16-19-21-22-20-16/h6-9,12,15H,2-5,10-11H2,1H3,(H,18,23)(H,19,20,21,22)/t12-,15+/m0/s1. The molecule has 1 heterocycles. The number of hydrogen-bond donors (Lipinski definition) is 2. The molecule has 0 unspecified atom stereocenters. The van der Waals surface area contributed by atoms with Crippen LogP contribution in [0.1, 0.15) is 44.0 Å². The zero-order valence-corrected chi connectivity index (χ0v) is 13.9. The number of carbonyl (C=O) groups excluding carboxylic acids is 1. The molecule has 1 aliphatic rings. The fraction of sp³-hybridized carbons (Fsp3) is 0.529. The molecule has 128 valence electrons. The van der Waals surface area contributed by atoms with E-state index >= 15 is 0 Å². The largest absolute Gasteiger partial charge is 0.368 e. The molecule has 0 aliphatic heterocycles. The number of rotatable bonds is 6. The predicted octanol–water partition coefficient (Wildman–Crippen LogP) is 2.32. The van der Waals surface area contributed by atoms with Crippen LogP contribution in [0.5, 0.6) is 0 Å². The van der Waals surface area contributed by atoms with Gasteiger partial charge in [0, 0.05) is 12.1 Å². The quantitative estimate of drug-likeness (QED) is 0.848. The van der Waals surface area contributed by atoms with Crippen LogP contribution in [0.3, 0.4) is 0 Å². The Labute approximate surface area is 141 Å². The van der Waals surface area contributed by atoms with E-state index < -0.39 is 0 Å². The van der Waals surface area contributed by atoms with Gasteiger partial charge in [0.2, 0.25) is 5.91 Å². The summed E-state index contributed by atoms with van der Waals surface area (Å²) in [5.41, 5.74) is 1.82. The van der Waals surface area contributed by atoms with Crippen molar-refractivity contribution in [2.75, 3.05) is 11.9 Å². The number of tetrazole rings is 1. The second-order valence-corrected chi connectivity index (χ2v) is 6.36. The number of hydrogen-bond acceptors (Lipinski definition) is 5. The van der Waals surface area contributed by atoms with Gasteiger partial charge in [-0.2, -0.15) is 5.21 Å².